The molecule has 0 aliphatic heterocycles. The number of hydrogen-bond donors (Lipinski definition) is 1. The zero-order valence-corrected chi connectivity index (χ0v) is 15.6. The number of ether oxygens (including phenoxy) is 1. The minimum atomic E-state index is -0.597. The Morgan fingerprint density at radius 3 is 2.29 bits per heavy atom. The van der Waals surface area contributed by atoms with Crippen molar-refractivity contribution in [3.05, 3.63) is 58.6 Å². The van der Waals surface area contributed by atoms with Gasteiger partial charge in [0.25, 0.3) is 5.91 Å². The molecule has 1 amide bonds. The van der Waals surface area contributed by atoms with Gasteiger partial charge >= 0.3 is 0 Å². The van der Waals surface area contributed by atoms with E-state index < -0.39 is 6.10 Å². The van der Waals surface area contributed by atoms with Crippen LogP contribution in [-0.4, -0.2) is 12.0 Å². The molecule has 0 aliphatic rings. The quantitative estimate of drug-likeness (QED) is 0.810. The van der Waals surface area contributed by atoms with Crippen molar-refractivity contribution < 1.29 is 9.53 Å². The maximum absolute atomic E-state index is 12.3. The van der Waals surface area contributed by atoms with Gasteiger partial charge in [-0.3, -0.25) is 4.79 Å². The molecule has 3 nitrogen and oxygen atoms in total. The first-order valence-electron chi connectivity index (χ1n) is 8.01. The summed E-state index contributed by atoms with van der Waals surface area (Å²) in [6, 6.07) is 13.2. The van der Waals surface area contributed by atoms with Gasteiger partial charge in [-0.1, -0.05) is 44.5 Å². The smallest absolute Gasteiger partial charge is 0.265 e. The molecule has 0 aliphatic carbocycles. The van der Waals surface area contributed by atoms with Crippen LogP contribution in [0.4, 0.5) is 5.69 Å². The summed E-state index contributed by atoms with van der Waals surface area (Å²) in [5.74, 6) is 0.485. The van der Waals surface area contributed by atoms with Gasteiger partial charge in [-0.05, 0) is 60.7 Å². The molecule has 0 spiro atoms. The summed E-state index contributed by atoms with van der Waals surface area (Å²) < 4.78 is 5.74. The van der Waals surface area contributed by atoms with Crippen LogP contribution in [0.2, 0.25) is 5.02 Å². The molecule has 0 bridgehead atoms. The fourth-order valence-corrected chi connectivity index (χ4v) is 2.52. The Morgan fingerprint density at radius 1 is 1.12 bits per heavy atom. The topological polar surface area (TPSA) is 38.3 Å². The van der Waals surface area contributed by atoms with E-state index in [0.717, 1.165) is 11.3 Å². The summed E-state index contributed by atoms with van der Waals surface area (Å²) in [4.78, 5) is 12.3. The SMILES string of the molecule is Cc1cc(Cl)ccc1NC(=O)[C@@H](C)Oc1ccc(C(C)(C)C)cc1. The van der Waals surface area contributed by atoms with Gasteiger partial charge in [-0.25, -0.2) is 0 Å². The van der Waals surface area contributed by atoms with Crippen LogP contribution in [-0.2, 0) is 10.2 Å². The zero-order valence-electron chi connectivity index (χ0n) is 14.8. The number of nitrogens with one attached hydrogen (secondary N) is 1. The maximum Gasteiger partial charge on any atom is 0.265 e. The predicted molar refractivity (Wildman–Crippen MR) is 100 cm³/mol. The van der Waals surface area contributed by atoms with Crippen LogP contribution in [0.25, 0.3) is 0 Å². The van der Waals surface area contributed by atoms with Crippen molar-refractivity contribution in [1.29, 1.82) is 0 Å². The number of aryl methyl sites for hydroxylation is 1. The second-order valence-corrected chi connectivity index (χ2v) is 7.42. The molecule has 2 rings (SSSR count). The Labute approximate surface area is 149 Å². The molecule has 0 fully saturated rings. The Bertz CT molecular complexity index is 717. The molecule has 0 radical (unpaired) electrons. The first-order chi connectivity index (χ1) is 11.2. The summed E-state index contributed by atoms with van der Waals surface area (Å²) in [5, 5.41) is 3.52. The monoisotopic (exact) mass is 345 g/mol. The van der Waals surface area contributed by atoms with Crippen LogP contribution in [0.3, 0.4) is 0 Å². The lowest BCUT2D eigenvalue weighted by Gasteiger charge is -2.20. The number of benzene rings is 2. The average Bonchev–Trinajstić information content (AvgIpc) is 2.49. The summed E-state index contributed by atoms with van der Waals surface area (Å²) in [5.41, 5.74) is 2.97. The van der Waals surface area contributed by atoms with E-state index in [0.29, 0.717) is 10.8 Å². The van der Waals surface area contributed by atoms with Gasteiger partial charge in [0.2, 0.25) is 0 Å². The minimum Gasteiger partial charge on any atom is -0.481 e. The lowest BCUT2D eigenvalue weighted by Crippen LogP contribution is -2.30. The second kappa shape index (κ2) is 7.27. The molecular formula is C20H24ClNO2. The van der Waals surface area contributed by atoms with Crippen LogP contribution in [0, 0.1) is 6.92 Å². The van der Waals surface area contributed by atoms with E-state index in [1.807, 2.05) is 37.3 Å². The molecule has 0 unspecified atom stereocenters. The summed E-state index contributed by atoms with van der Waals surface area (Å²) >= 11 is 5.93. The third-order valence-electron chi connectivity index (χ3n) is 3.85. The summed E-state index contributed by atoms with van der Waals surface area (Å²) in [7, 11) is 0. The van der Waals surface area contributed by atoms with E-state index in [2.05, 4.69) is 26.1 Å². The van der Waals surface area contributed by atoms with E-state index in [9.17, 15) is 4.79 Å². The molecule has 0 saturated heterocycles. The Morgan fingerprint density at radius 2 is 1.75 bits per heavy atom. The van der Waals surface area contributed by atoms with Crippen molar-refractivity contribution in [3.63, 3.8) is 0 Å². The molecule has 0 aromatic heterocycles. The molecule has 0 heterocycles. The Balaban J connectivity index is 2.01. The van der Waals surface area contributed by atoms with Gasteiger partial charge in [-0.2, -0.15) is 0 Å². The molecule has 24 heavy (non-hydrogen) atoms. The Hall–Kier alpha value is -2.00. The van der Waals surface area contributed by atoms with Crippen molar-refractivity contribution in [2.45, 2.75) is 46.1 Å². The van der Waals surface area contributed by atoms with Gasteiger partial charge < -0.3 is 10.1 Å². The van der Waals surface area contributed by atoms with E-state index >= 15 is 0 Å². The van der Waals surface area contributed by atoms with Gasteiger partial charge in [0.05, 0.1) is 0 Å². The van der Waals surface area contributed by atoms with Crippen LogP contribution in [0.1, 0.15) is 38.8 Å². The van der Waals surface area contributed by atoms with Gasteiger partial charge in [0.15, 0.2) is 6.10 Å². The van der Waals surface area contributed by atoms with Gasteiger partial charge in [-0.15, -0.1) is 0 Å². The number of rotatable bonds is 4. The van der Waals surface area contributed by atoms with Crippen molar-refractivity contribution >= 4 is 23.2 Å². The number of halogens is 1. The van der Waals surface area contributed by atoms with Crippen LogP contribution >= 0.6 is 11.6 Å². The Kier molecular flexibility index (Phi) is 5.55. The maximum atomic E-state index is 12.3. The first-order valence-corrected chi connectivity index (χ1v) is 8.39. The van der Waals surface area contributed by atoms with Gasteiger partial charge in [0, 0.05) is 10.7 Å². The lowest BCUT2D eigenvalue weighted by molar-refractivity contribution is -0.122. The number of amides is 1. The average molecular weight is 346 g/mol. The van der Waals surface area contributed by atoms with E-state index in [-0.39, 0.29) is 11.3 Å². The minimum absolute atomic E-state index is 0.0909. The molecule has 1 N–H and O–H groups in total. The molecular weight excluding hydrogens is 322 g/mol. The molecule has 1 atom stereocenters. The zero-order chi connectivity index (χ0) is 17.9. The highest BCUT2D eigenvalue weighted by atomic mass is 35.5. The van der Waals surface area contributed by atoms with Crippen molar-refractivity contribution in [1.82, 2.24) is 0 Å². The number of carbonyl (C=O) groups excluding carboxylic acids is 1. The third-order valence-corrected chi connectivity index (χ3v) is 4.08. The van der Waals surface area contributed by atoms with Gasteiger partial charge in [0.1, 0.15) is 5.75 Å². The second-order valence-electron chi connectivity index (χ2n) is 6.98. The summed E-state index contributed by atoms with van der Waals surface area (Å²) in [6.45, 7) is 10.1. The van der Waals surface area contributed by atoms with Crippen molar-refractivity contribution in [3.8, 4) is 5.75 Å². The normalized spacial score (nSPS) is 12.6. The van der Waals surface area contributed by atoms with Crippen LogP contribution < -0.4 is 10.1 Å². The standard InChI is InChI=1S/C20H24ClNO2/c1-13-12-16(21)8-11-18(13)22-19(23)14(2)24-17-9-6-15(7-10-17)20(3,4)5/h6-12,14H,1-5H3,(H,22,23)/t14-/m1/s1. The van der Waals surface area contributed by atoms with Crippen LogP contribution in [0.5, 0.6) is 5.75 Å². The van der Waals surface area contributed by atoms with E-state index in [4.69, 9.17) is 16.3 Å². The highest BCUT2D eigenvalue weighted by Gasteiger charge is 2.17. The van der Waals surface area contributed by atoms with E-state index in [1.54, 1.807) is 19.1 Å². The number of hydrogen-bond acceptors (Lipinski definition) is 2. The highest BCUT2D eigenvalue weighted by Crippen LogP contribution is 2.25. The fourth-order valence-electron chi connectivity index (χ4n) is 2.29. The number of anilines is 1. The largest absolute Gasteiger partial charge is 0.481 e. The summed E-state index contributed by atoms with van der Waals surface area (Å²) in [6.07, 6.45) is -0.597. The number of carbonyl (C=O) groups is 1. The lowest BCUT2D eigenvalue weighted by atomic mass is 9.87. The molecule has 0 saturated carbocycles. The fraction of sp³-hybridized carbons (Fsp3) is 0.350. The van der Waals surface area contributed by atoms with Crippen LogP contribution in [0.15, 0.2) is 42.5 Å². The first kappa shape index (κ1) is 18.3. The van der Waals surface area contributed by atoms with Crippen molar-refractivity contribution in [2.24, 2.45) is 0 Å². The predicted octanol–water partition coefficient (Wildman–Crippen LogP) is 5.35. The highest BCUT2D eigenvalue weighted by molar-refractivity contribution is 6.30. The molecule has 4 heteroatoms. The molecule has 2 aromatic carbocycles. The van der Waals surface area contributed by atoms with E-state index in [1.165, 1.54) is 5.56 Å². The molecule has 128 valence electrons. The van der Waals surface area contributed by atoms with Crippen molar-refractivity contribution in [2.75, 3.05) is 5.32 Å². The third kappa shape index (κ3) is 4.75. The molecule has 2 aromatic rings.